The largest absolute Gasteiger partial charge is 0.330 e. The van der Waals surface area contributed by atoms with Crippen LogP contribution in [0, 0.1) is 5.92 Å². The van der Waals surface area contributed by atoms with Gasteiger partial charge in [-0.1, -0.05) is 33.1 Å². The normalized spacial score (nSPS) is 25.1. The minimum absolute atomic E-state index is 0.685. The summed E-state index contributed by atoms with van der Waals surface area (Å²) in [5.74, 6) is 0.920. The Balaban J connectivity index is 2.02. The molecule has 3 nitrogen and oxygen atoms in total. The van der Waals surface area contributed by atoms with Gasteiger partial charge in [0.2, 0.25) is 0 Å². The van der Waals surface area contributed by atoms with Crippen molar-refractivity contribution >= 4 is 0 Å². The molecule has 0 radical (unpaired) electrons. The van der Waals surface area contributed by atoms with Crippen molar-refractivity contribution < 1.29 is 0 Å². The van der Waals surface area contributed by atoms with Crippen LogP contribution in [0.1, 0.15) is 57.7 Å². The van der Waals surface area contributed by atoms with Gasteiger partial charge in [-0.15, -0.1) is 0 Å². The maximum absolute atomic E-state index is 4.32. The van der Waals surface area contributed by atoms with Crippen molar-refractivity contribution in [3.05, 3.63) is 18.2 Å². The summed E-state index contributed by atoms with van der Waals surface area (Å²) in [4.78, 5) is 4.32. The van der Waals surface area contributed by atoms with Gasteiger partial charge in [-0.3, -0.25) is 0 Å². The van der Waals surface area contributed by atoms with Crippen LogP contribution >= 0.6 is 0 Å². The van der Waals surface area contributed by atoms with Gasteiger partial charge in [0.05, 0.1) is 12.0 Å². The number of nitrogens with one attached hydrogen (secondary N) is 1. The second-order valence-corrected chi connectivity index (χ2v) is 5.17. The Morgan fingerprint density at radius 2 is 2.29 bits per heavy atom. The van der Waals surface area contributed by atoms with Gasteiger partial charge in [-0.2, -0.15) is 0 Å². The number of hydrogen-bond acceptors (Lipinski definition) is 2. The Morgan fingerprint density at radius 3 is 3.06 bits per heavy atom. The van der Waals surface area contributed by atoms with Crippen molar-refractivity contribution in [1.82, 2.24) is 14.9 Å². The SMILES string of the molecule is CCNCc1cncn1C1CCCC(CC)C1. The summed E-state index contributed by atoms with van der Waals surface area (Å²) in [7, 11) is 0. The van der Waals surface area contributed by atoms with Crippen LogP contribution in [0.15, 0.2) is 12.5 Å². The van der Waals surface area contributed by atoms with Crippen LogP contribution in [-0.4, -0.2) is 16.1 Å². The second kappa shape index (κ2) is 6.20. The lowest BCUT2D eigenvalue weighted by Crippen LogP contribution is -2.22. The topological polar surface area (TPSA) is 29.9 Å². The first-order valence-corrected chi connectivity index (χ1v) is 7.06. The quantitative estimate of drug-likeness (QED) is 0.849. The maximum Gasteiger partial charge on any atom is 0.0951 e. The van der Waals surface area contributed by atoms with Crippen molar-refractivity contribution in [2.45, 2.75) is 58.5 Å². The Morgan fingerprint density at radius 1 is 1.41 bits per heavy atom. The van der Waals surface area contributed by atoms with E-state index in [4.69, 9.17) is 0 Å². The zero-order valence-electron chi connectivity index (χ0n) is 11.2. The number of nitrogens with zero attached hydrogens (tertiary/aromatic N) is 2. The molecule has 1 aromatic rings. The predicted octanol–water partition coefficient (Wildman–Crippen LogP) is 3.13. The lowest BCUT2D eigenvalue weighted by atomic mass is 9.84. The molecule has 1 N–H and O–H groups in total. The lowest BCUT2D eigenvalue weighted by Gasteiger charge is -2.30. The van der Waals surface area contributed by atoms with Crippen LogP contribution in [-0.2, 0) is 6.54 Å². The van der Waals surface area contributed by atoms with E-state index in [9.17, 15) is 0 Å². The Labute approximate surface area is 105 Å². The Kier molecular flexibility index (Phi) is 4.60. The third kappa shape index (κ3) is 3.09. The van der Waals surface area contributed by atoms with Gasteiger partial charge in [0.15, 0.2) is 0 Å². The zero-order valence-corrected chi connectivity index (χ0v) is 11.2. The van der Waals surface area contributed by atoms with E-state index in [2.05, 4.69) is 28.7 Å². The first kappa shape index (κ1) is 12.6. The molecule has 1 aromatic heterocycles. The van der Waals surface area contributed by atoms with Crippen LogP contribution in [0.4, 0.5) is 0 Å². The summed E-state index contributed by atoms with van der Waals surface area (Å²) >= 11 is 0. The van der Waals surface area contributed by atoms with Crippen LogP contribution in [0.3, 0.4) is 0 Å². The smallest absolute Gasteiger partial charge is 0.0951 e. The van der Waals surface area contributed by atoms with E-state index in [-0.39, 0.29) is 0 Å². The fourth-order valence-corrected chi connectivity index (χ4v) is 2.94. The molecule has 0 bridgehead atoms. The molecule has 0 amide bonds. The highest BCUT2D eigenvalue weighted by Crippen LogP contribution is 2.34. The monoisotopic (exact) mass is 235 g/mol. The van der Waals surface area contributed by atoms with Gasteiger partial charge < -0.3 is 9.88 Å². The summed E-state index contributed by atoms with van der Waals surface area (Å²) in [5.41, 5.74) is 1.34. The average molecular weight is 235 g/mol. The van der Waals surface area contributed by atoms with Gasteiger partial charge >= 0.3 is 0 Å². The molecule has 1 heterocycles. The molecule has 2 atom stereocenters. The van der Waals surface area contributed by atoms with Crippen LogP contribution in [0.5, 0.6) is 0 Å². The molecule has 1 aliphatic carbocycles. The molecule has 0 aliphatic heterocycles. The van der Waals surface area contributed by atoms with Crippen LogP contribution in [0.2, 0.25) is 0 Å². The lowest BCUT2D eigenvalue weighted by molar-refractivity contribution is 0.257. The molecule has 0 saturated heterocycles. The molecule has 0 spiro atoms. The average Bonchev–Trinajstić information content (AvgIpc) is 2.84. The van der Waals surface area contributed by atoms with E-state index in [1.165, 1.54) is 37.8 Å². The summed E-state index contributed by atoms with van der Waals surface area (Å²) in [6.07, 6.45) is 10.8. The molecule has 96 valence electrons. The van der Waals surface area contributed by atoms with E-state index >= 15 is 0 Å². The number of aromatic nitrogens is 2. The Bertz CT molecular complexity index is 332. The van der Waals surface area contributed by atoms with Crippen molar-refractivity contribution in [3.63, 3.8) is 0 Å². The molecule has 17 heavy (non-hydrogen) atoms. The summed E-state index contributed by atoms with van der Waals surface area (Å²) < 4.78 is 2.41. The fourth-order valence-electron chi connectivity index (χ4n) is 2.94. The molecular formula is C14H25N3. The third-order valence-corrected chi connectivity index (χ3v) is 4.03. The van der Waals surface area contributed by atoms with Crippen LogP contribution in [0.25, 0.3) is 0 Å². The van der Waals surface area contributed by atoms with Gasteiger partial charge in [0.1, 0.15) is 0 Å². The van der Waals surface area contributed by atoms with E-state index in [1.54, 1.807) is 0 Å². The van der Waals surface area contributed by atoms with Crippen LogP contribution < -0.4 is 5.32 Å². The molecule has 2 rings (SSSR count). The molecule has 3 heteroatoms. The van der Waals surface area contributed by atoms with Crippen molar-refractivity contribution in [2.75, 3.05) is 6.54 Å². The molecule has 0 aromatic carbocycles. The first-order chi connectivity index (χ1) is 8.35. The summed E-state index contributed by atoms with van der Waals surface area (Å²) in [5, 5.41) is 3.39. The summed E-state index contributed by atoms with van der Waals surface area (Å²) in [6.45, 7) is 6.44. The van der Waals surface area contributed by atoms with E-state index in [0.717, 1.165) is 19.0 Å². The molecule has 1 fully saturated rings. The van der Waals surface area contributed by atoms with Gasteiger partial charge in [0, 0.05) is 18.8 Å². The highest BCUT2D eigenvalue weighted by atomic mass is 15.1. The highest BCUT2D eigenvalue weighted by Gasteiger charge is 2.23. The van der Waals surface area contributed by atoms with E-state index in [1.807, 2.05) is 12.5 Å². The van der Waals surface area contributed by atoms with E-state index in [0.29, 0.717) is 6.04 Å². The number of rotatable bonds is 5. The second-order valence-electron chi connectivity index (χ2n) is 5.17. The molecule has 1 saturated carbocycles. The zero-order chi connectivity index (χ0) is 12.1. The molecule has 2 unspecified atom stereocenters. The third-order valence-electron chi connectivity index (χ3n) is 4.03. The predicted molar refractivity (Wildman–Crippen MR) is 70.9 cm³/mol. The minimum Gasteiger partial charge on any atom is -0.330 e. The molecular weight excluding hydrogens is 210 g/mol. The van der Waals surface area contributed by atoms with Gasteiger partial charge in [0.25, 0.3) is 0 Å². The standard InChI is InChI=1S/C14H25N3/c1-3-12-6-5-7-13(8-12)17-11-16-10-14(17)9-15-4-2/h10-13,15H,3-9H2,1-2H3. The molecule has 1 aliphatic rings. The summed E-state index contributed by atoms with van der Waals surface area (Å²) in [6, 6.07) is 0.685. The number of hydrogen-bond donors (Lipinski definition) is 1. The van der Waals surface area contributed by atoms with E-state index < -0.39 is 0 Å². The van der Waals surface area contributed by atoms with Crippen molar-refractivity contribution in [2.24, 2.45) is 5.92 Å². The van der Waals surface area contributed by atoms with Gasteiger partial charge in [-0.05, 0) is 25.3 Å². The van der Waals surface area contributed by atoms with Crippen molar-refractivity contribution in [3.8, 4) is 0 Å². The Hall–Kier alpha value is -0.830. The van der Waals surface area contributed by atoms with Gasteiger partial charge in [-0.25, -0.2) is 4.98 Å². The number of imidazole rings is 1. The maximum atomic E-state index is 4.32. The highest BCUT2D eigenvalue weighted by molar-refractivity contribution is 5.01. The minimum atomic E-state index is 0.685. The first-order valence-electron chi connectivity index (χ1n) is 7.06. The van der Waals surface area contributed by atoms with Crippen molar-refractivity contribution in [1.29, 1.82) is 0 Å². The fraction of sp³-hybridized carbons (Fsp3) is 0.786.